The lowest BCUT2D eigenvalue weighted by atomic mass is 9.92. The summed E-state index contributed by atoms with van der Waals surface area (Å²) in [6, 6.07) is 6.46. The van der Waals surface area contributed by atoms with Crippen LogP contribution in [0.1, 0.15) is 24.5 Å². The molecule has 1 fully saturated rings. The summed E-state index contributed by atoms with van der Waals surface area (Å²) in [4.78, 5) is 8.95. The predicted molar refractivity (Wildman–Crippen MR) is 72.3 cm³/mol. The Morgan fingerprint density at radius 3 is 2.63 bits per heavy atom. The Morgan fingerprint density at radius 1 is 1.11 bits per heavy atom. The van der Waals surface area contributed by atoms with E-state index in [1.54, 1.807) is 24.5 Å². The summed E-state index contributed by atoms with van der Waals surface area (Å²) in [6.45, 7) is 2.01. The van der Waals surface area contributed by atoms with Crippen LogP contribution in [0.3, 0.4) is 0 Å². The van der Waals surface area contributed by atoms with E-state index in [1.807, 2.05) is 0 Å². The van der Waals surface area contributed by atoms with Crippen LogP contribution >= 0.6 is 0 Å². The molecular formula is C15H16FN3. The van der Waals surface area contributed by atoms with Gasteiger partial charge in [0, 0.05) is 30.4 Å². The summed E-state index contributed by atoms with van der Waals surface area (Å²) in [6.07, 6.45) is 5.71. The van der Waals surface area contributed by atoms with Crippen molar-refractivity contribution in [2.45, 2.75) is 18.8 Å². The second kappa shape index (κ2) is 5.45. The van der Waals surface area contributed by atoms with E-state index < -0.39 is 0 Å². The van der Waals surface area contributed by atoms with Gasteiger partial charge in [-0.05, 0) is 43.7 Å². The molecule has 0 bridgehead atoms. The zero-order valence-corrected chi connectivity index (χ0v) is 10.6. The minimum absolute atomic E-state index is 0.228. The van der Waals surface area contributed by atoms with Crippen molar-refractivity contribution < 1.29 is 4.39 Å². The van der Waals surface area contributed by atoms with Crippen molar-refractivity contribution in [2.75, 3.05) is 13.1 Å². The summed E-state index contributed by atoms with van der Waals surface area (Å²) >= 11 is 0. The van der Waals surface area contributed by atoms with Crippen LogP contribution in [-0.2, 0) is 0 Å². The summed E-state index contributed by atoms with van der Waals surface area (Å²) in [5, 5.41) is 3.39. The number of hydrogen-bond donors (Lipinski definition) is 1. The van der Waals surface area contributed by atoms with Crippen LogP contribution in [0, 0.1) is 5.82 Å². The van der Waals surface area contributed by atoms with Gasteiger partial charge in [-0.25, -0.2) is 4.39 Å². The molecule has 1 unspecified atom stereocenters. The van der Waals surface area contributed by atoms with Gasteiger partial charge in [-0.3, -0.25) is 9.97 Å². The fourth-order valence-corrected chi connectivity index (χ4v) is 2.56. The Hall–Kier alpha value is -1.81. The number of benzene rings is 1. The van der Waals surface area contributed by atoms with E-state index in [1.165, 1.54) is 12.1 Å². The fourth-order valence-electron chi connectivity index (χ4n) is 2.56. The van der Waals surface area contributed by atoms with Gasteiger partial charge in [0.05, 0.1) is 11.4 Å². The normalized spacial score (nSPS) is 19.3. The molecule has 1 atom stereocenters. The number of hydrogen-bond acceptors (Lipinski definition) is 3. The molecule has 98 valence electrons. The number of piperidine rings is 1. The minimum Gasteiger partial charge on any atom is -0.316 e. The van der Waals surface area contributed by atoms with E-state index in [0.717, 1.165) is 42.9 Å². The highest BCUT2D eigenvalue weighted by Gasteiger charge is 2.20. The first kappa shape index (κ1) is 12.2. The molecule has 1 N–H and O–H groups in total. The monoisotopic (exact) mass is 257 g/mol. The van der Waals surface area contributed by atoms with Gasteiger partial charge in [0.15, 0.2) is 0 Å². The van der Waals surface area contributed by atoms with Gasteiger partial charge in [0.2, 0.25) is 0 Å². The van der Waals surface area contributed by atoms with E-state index in [0.29, 0.717) is 5.92 Å². The van der Waals surface area contributed by atoms with Crippen LogP contribution < -0.4 is 5.32 Å². The summed E-state index contributed by atoms with van der Waals surface area (Å²) in [7, 11) is 0. The Bertz CT molecular complexity index is 548. The van der Waals surface area contributed by atoms with Crippen molar-refractivity contribution in [1.82, 2.24) is 15.3 Å². The summed E-state index contributed by atoms with van der Waals surface area (Å²) in [5.74, 6) is 0.163. The first-order chi connectivity index (χ1) is 9.34. The third-order valence-corrected chi connectivity index (χ3v) is 3.53. The molecule has 1 saturated heterocycles. The van der Waals surface area contributed by atoms with E-state index in [4.69, 9.17) is 0 Å². The maximum atomic E-state index is 13.0. The third-order valence-electron chi connectivity index (χ3n) is 3.53. The molecule has 2 aromatic rings. The van der Waals surface area contributed by atoms with Crippen LogP contribution in [0.4, 0.5) is 4.39 Å². The maximum Gasteiger partial charge on any atom is 0.123 e. The molecule has 2 heterocycles. The van der Waals surface area contributed by atoms with Crippen molar-refractivity contribution in [2.24, 2.45) is 0 Å². The first-order valence-corrected chi connectivity index (χ1v) is 6.62. The Labute approximate surface area is 111 Å². The Morgan fingerprint density at radius 2 is 1.89 bits per heavy atom. The lowest BCUT2D eigenvalue weighted by Gasteiger charge is -2.23. The van der Waals surface area contributed by atoms with Crippen molar-refractivity contribution in [3.05, 3.63) is 48.2 Å². The summed E-state index contributed by atoms with van der Waals surface area (Å²) < 4.78 is 13.0. The van der Waals surface area contributed by atoms with E-state index in [9.17, 15) is 4.39 Å². The zero-order chi connectivity index (χ0) is 13.1. The zero-order valence-electron chi connectivity index (χ0n) is 10.6. The Kier molecular flexibility index (Phi) is 3.51. The SMILES string of the molecule is Fc1ccc(-c2nccnc2C2CCCNC2)cc1. The van der Waals surface area contributed by atoms with Gasteiger partial charge in [-0.15, -0.1) is 0 Å². The first-order valence-electron chi connectivity index (χ1n) is 6.62. The third kappa shape index (κ3) is 2.63. The highest BCUT2D eigenvalue weighted by molar-refractivity contribution is 5.62. The van der Waals surface area contributed by atoms with E-state index >= 15 is 0 Å². The lowest BCUT2D eigenvalue weighted by molar-refractivity contribution is 0.454. The van der Waals surface area contributed by atoms with Gasteiger partial charge >= 0.3 is 0 Å². The predicted octanol–water partition coefficient (Wildman–Crippen LogP) is 2.75. The number of halogens is 1. The maximum absolute atomic E-state index is 13.0. The molecule has 0 aliphatic carbocycles. The summed E-state index contributed by atoms with van der Waals surface area (Å²) in [5.41, 5.74) is 2.81. The average molecular weight is 257 g/mol. The quantitative estimate of drug-likeness (QED) is 0.899. The molecule has 0 spiro atoms. The van der Waals surface area contributed by atoms with E-state index in [-0.39, 0.29) is 5.82 Å². The topological polar surface area (TPSA) is 37.8 Å². The number of rotatable bonds is 2. The van der Waals surface area contributed by atoms with Crippen LogP contribution in [0.2, 0.25) is 0 Å². The molecule has 19 heavy (non-hydrogen) atoms. The van der Waals surface area contributed by atoms with Crippen molar-refractivity contribution >= 4 is 0 Å². The second-order valence-corrected chi connectivity index (χ2v) is 4.84. The Balaban J connectivity index is 1.98. The molecule has 1 aromatic heterocycles. The standard InChI is InChI=1S/C15H16FN3/c16-13-5-3-11(4-6-13)14-15(19-9-8-18-14)12-2-1-7-17-10-12/h3-6,8-9,12,17H,1-2,7,10H2. The molecule has 1 aliphatic rings. The molecule has 3 nitrogen and oxygen atoms in total. The van der Waals surface area contributed by atoms with Gasteiger partial charge < -0.3 is 5.32 Å². The molecule has 0 saturated carbocycles. The minimum atomic E-state index is -0.228. The van der Waals surface area contributed by atoms with Crippen molar-refractivity contribution in [3.8, 4) is 11.3 Å². The number of aromatic nitrogens is 2. The highest BCUT2D eigenvalue weighted by atomic mass is 19.1. The highest BCUT2D eigenvalue weighted by Crippen LogP contribution is 2.29. The molecule has 4 heteroatoms. The lowest BCUT2D eigenvalue weighted by Crippen LogP contribution is -2.29. The van der Waals surface area contributed by atoms with Gasteiger partial charge in [-0.2, -0.15) is 0 Å². The number of nitrogens with one attached hydrogen (secondary N) is 1. The molecular weight excluding hydrogens is 241 g/mol. The molecule has 0 radical (unpaired) electrons. The van der Waals surface area contributed by atoms with Gasteiger partial charge in [-0.1, -0.05) is 0 Å². The van der Waals surface area contributed by atoms with Crippen LogP contribution in [0.25, 0.3) is 11.3 Å². The number of nitrogens with zero attached hydrogens (tertiary/aromatic N) is 2. The largest absolute Gasteiger partial charge is 0.316 e. The fraction of sp³-hybridized carbons (Fsp3) is 0.333. The molecule has 0 amide bonds. The van der Waals surface area contributed by atoms with Crippen molar-refractivity contribution in [1.29, 1.82) is 0 Å². The molecule has 1 aromatic carbocycles. The van der Waals surface area contributed by atoms with Gasteiger partial charge in [0.25, 0.3) is 0 Å². The van der Waals surface area contributed by atoms with Crippen LogP contribution in [0.15, 0.2) is 36.7 Å². The average Bonchev–Trinajstić information content (AvgIpc) is 2.49. The molecule has 1 aliphatic heterocycles. The van der Waals surface area contributed by atoms with Crippen molar-refractivity contribution in [3.63, 3.8) is 0 Å². The second-order valence-electron chi connectivity index (χ2n) is 4.84. The molecule has 3 rings (SSSR count). The van der Waals surface area contributed by atoms with E-state index in [2.05, 4.69) is 15.3 Å². The van der Waals surface area contributed by atoms with Crippen LogP contribution in [0.5, 0.6) is 0 Å². The van der Waals surface area contributed by atoms with Crippen LogP contribution in [-0.4, -0.2) is 23.1 Å². The van der Waals surface area contributed by atoms with Gasteiger partial charge in [0.1, 0.15) is 5.82 Å². The smallest absolute Gasteiger partial charge is 0.123 e.